The molecule has 0 spiro atoms. The van der Waals surface area contributed by atoms with Crippen molar-refractivity contribution >= 4 is 16.9 Å². The number of pyridine rings is 2. The Morgan fingerprint density at radius 2 is 1.97 bits per heavy atom. The Kier molecular flexibility index (Phi) is 5.21. The van der Waals surface area contributed by atoms with Gasteiger partial charge in [0.25, 0.3) is 0 Å². The van der Waals surface area contributed by atoms with Gasteiger partial charge in [-0.3, -0.25) is 14.8 Å². The lowest BCUT2D eigenvalue weighted by atomic mass is 9.90. The zero-order valence-electron chi connectivity index (χ0n) is 17.3. The van der Waals surface area contributed by atoms with Gasteiger partial charge in [0.15, 0.2) is 0 Å². The van der Waals surface area contributed by atoms with Gasteiger partial charge >= 0.3 is 0 Å². The van der Waals surface area contributed by atoms with Crippen molar-refractivity contribution in [3.63, 3.8) is 0 Å². The molecule has 5 rings (SSSR count). The van der Waals surface area contributed by atoms with Crippen molar-refractivity contribution in [2.45, 2.75) is 31.6 Å². The minimum absolute atomic E-state index is 0.136. The summed E-state index contributed by atoms with van der Waals surface area (Å²) >= 11 is 0. The smallest absolute Gasteiger partial charge is 0.225 e. The van der Waals surface area contributed by atoms with E-state index in [0.717, 1.165) is 66.8 Å². The maximum Gasteiger partial charge on any atom is 0.225 e. The lowest BCUT2D eigenvalue weighted by molar-refractivity contribution is -0.139. The molecule has 0 radical (unpaired) electrons. The van der Waals surface area contributed by atoms with Crippen LogP contribution in [0.4, 0.5) is 0 Å². The summed E-state index contributed by atoms with van der Waals surface area (Å²) in [5, 5.41) is 0. The number of carbonyl (C=O) groups excluding carboxylic acids is 1. The molecule has 2 aliphatic rings. The summed E-state index contributed by atoms with van der Waals surface area (Å²) < 4.78 is 7.45. The average Bonchev–Trinajstić information content (AvgIpc) is 3.20. The summed E-state index contributed by atoms with van der Waals surface area (Å²) in [5.41, 5.74) is 4.94. The number of hydrogen-bond donors (Lipinski definition) is 0. The fourth-order valence-electron chi connectivity index (χ4n) is 4.66. The molecule has 0 bridgehead atoms. The van der Waals surface area contributed by atoms with Crippen LogP contribution in [0, 0.1) is 5.92 Å². The Balaban J connectivity index is 1.38. The Morgan fingerprint density at radius 1 is 1.17 bits per heavy atom. The molecule has 0 saturated carbocycles. The van der Waals surface area contributed by atoms with Gasteiger partial charge in [0, 0.05) is 68.8 Å². The quantitative estimate of drug-likeness (QED) is 0.669. The number of amides is 1. The van der Waals surface area contributed by atoms with Gasteiger partial charge in [0.05, 0.1) is 17.5 Å². The lowest BCUT2D eigenvalue weighted by Crippen LogP contribution is -2.42. The highest BCUT2D eigenvalue weighted by atomic mass is 16.5. The Morgan fingerprint density at radius 3 is 2.70 bits per heavy atom. The standard InChI is InChI=1S/C23H27N5O2/c1-27-15-25-22-20(27)13-19(26-21(22)18-3-2-8-24-14-18)16-4-9-28(10-5-16)23(29)17-6-11-30-12-7-17/h2-3,8,13-17H,4-7,9-12H2,1H3. The SMILES string of the molecule is Cn1cnc2c(-c3cccnc3)nc(C3CCN(C(=O)C4CCOCC4)CC3)cc21. The second-order valence-corrected chi connectivity index (χ2v) is 8.35. The van der Waals surface area contributed by atoms with Crippen LogP contribution < -0.4 is 0 Å². The summed E-state index contributed by atoms with van der Waals surface area (Å²) in [6.07, 6.45) is 9.04. The van der Waals surface area contributed by atoms with Gasteiger partial charge in [0.2, 0.25) is 5.91 Å². The van der Waals surface area contributed by atoms with E-state index in [0.29, 0.717) is 25.0 Å². The first kappa shape index (κ1) is 19.2. The van der Waals surface area contributed by atoms with Crippen molar-refractivity contribution in [3.8, 4) is 11.3 Å². The van der Waals surface area contributed by atoms with Crippen molar-refractivity contribution in [2.24, 2.45) is 13.0 Å². The molecule has 0 unspecified atom stereocenters. The maximum atomic E-state index is 12.9. The number of piperidine rings is 1. The molecular formula is C23H27N5O2. The predicted molar refractivity (Wildman–Crippen MR) is 114 cm³/mol. The number of carbonyl (C=O) groups is 1. The number of rotatable bonds is 3. The third kappa shape index (κ3) is 3.58. The van der Waals surface area contributed by atoms with Crippen molar-refractivity contribution in [2.75, 3.05) is 26.3 Å². The molecule has 156 valence electrons. The summed E-state index contributed by atoms with van der Waals surface area (Å²) in [4.78, 5) is 28.8. The minimum atomic E-state index is 0.136. The van der Waals surface area contributed by atoms with Crippen LogP contribution in [-0.2, 0) is 16.6 Å². The second kappa shape index (κ2) is 8.14. The van der Waals surface area contributed by atoms with Crippen molar-refractivity contribution in [1.29, 1.82) is 0 Å². The van der Waals surface area contributed by atoms with Gasteiger partial charge in [-0.1, -0.05) is 0 Å². The topological polar surface area (TPSA) is 73.1 Å². The van der Waals surface area contributed by atoms with E-state index in [1.54, 1.807) is 6.20 Å². The van der Waals surface area contributed by atoms with Crippen LogP contribution in [0.15, 0.2) is 36.9 Å². The predicted octanol–water partition coefficient (Wildman–Crippen LogP) is 3.16. The third-order valence-corrected chi connectivity index (χ3v) is 6.46. The second-order valence-electron chi connectivity index (χ2n) is 8.35. The van der Waals surface area contributed by atoms with Crippen molar-refractivity contribution in [3.05, 3.63) is 42.6 Å². The summed E-state index contributed by atoms with van der Waals surface area (Å²) in [6, 6.07) is 6.13. The number of fused-ring (bicyclic) bond motifs is 1. The van der Waals surface area contributed by atoms with Crippen LogP contribution in [0.2, 0.25) is 0 Å². The van der Waals surface area contributed by atoms with E-state index in [9.17, 15) is 4.79 Å². The average molecular weight is 406 g/mol. The molecule has 2 aliphatic heterocycles. The Bertz CT molecular complexity index is 1030. The van der Waals surface area contributed by atoms with E-state index >= 15 is 0 Å². The van der Waals surface area contributed by atoms with Gasteiger partial charge in [-0.05, 0) is 43.9 Å². The molecule has 1 amide bonds. The zero-order valence-corrected chi connectivity index (χ0v) is 17.3. The number of imidazole rings is 1. The first-order chi connectivity index (χ1) is 14.7. The number of ether oxygens (including phenoxy) is 1. The number of aryl methyl sites for hydroxylation is 1. The third-order valence-electron chi connectivity index (χ3n) is 6.46. The fraction of sp³-hybridized carbons (Fsp3) is 0.478. The molecular weight excluding hydrogens is 378 g/mol. The van der Waals surface area contributed by atoms with Crippen LogP contribution >= 0.6 is 0 Å². The molecule has 2 fully saturated rings. The van der Waals surface area contributed by atoms with Gasteiger partial charge in [-0.15, -0.1) is 0 Å². The molecule has 0 aromatic carbocycles. The van der Waals surface area contributed by atoms with E-state index in [4.69, 9.17) is 9.72 Å². The fourth-order valence-corrected chi connectivity index (χ4v) is 4.66. The van der Waals surface area contributed by atoms with Crippen LogP contribution in [-0.4, -0.2) is 56.6 Å². The molecule has 3 aromatic rings. The summed E-state index contributed by atoms with van der Waals surface area (Å²) in [5.74, 6) is 0.790. The highest BCUT2D eigenvalue weighted by Crippen LogP contribution is 2.33. The number of likely N-dealkylation sites (tertiary alicyclic amines) is 1. The maximum absolute atomic E-state index is 12.9. The molecule has 0 N–H and O–H groups in total. The molecule has 7 heteroatoms. The van der Waals surface area contributed by atoms with Crippen molar-refractivity contribution in [1.82, 2.24) is 24.4 Å². The molecule has 3 aromatic heterocycles. The van der Waals surface area contributed by atoms with Gasteiger partial charge in [-0.2, -0.15) is 0 Å². The summed E-state index contributed by atoms with van der Waals surface area (Å²) in [6.45, 7) is 3.01. The Labute approximate surface area is 176 Å². The van der Waals surface area contributed by atoms with Crippen LogP contribution in [0.3, 0.4) is 0 Å². The monoisotopic (exact) mass is 405 g/mol. The van der Waals surface area contributed by atoms with E-state index in [1.165, 1.54) is 0 Å². The first-order valence-electron chi connectivity index (χ1n) is 10.8. The lowest BCUT2D eigenvalue weighted by Gasteiger charge is -2.35. The van der Waals surface area contributed by atoms with Gasteiger partial charge < -0.3 is 14.2 Å². The Hall–Kier alpha value is -2.80. The molecule has 0 atom stereocenters. The zero-order chi connectivity index (χ0) is 20.5. The molecule has 7 nitrogen and oxygen atoms in total. The number of nitrogens with zero attached hydrogens (tertiary/aromatic N) is 5. The van der Waals surface area contributed by atoms with Crippen molar-refractivity contribution < 1.29 is 9.53 Å². The molecule has 0 aliphatic carbocycles. The number of hydrogen-bond acceptors (Lipinski definition) is 5. The largest absolute Gasteiger partial charge is 0.381 e. The minimum Gasteiger partial charge on any atom is -0.381 e. The van der Waals surface area contributed by atoms with Crippen LogP contribution in [0.25, 0.3) is 22.3 Å². The van der Waals surface area contributed by atoms with E-state index in [-0.39, 0.29) is 5.92 Å². The highest BCUT2D eigenvalue weighted by Gasteiger charge is 2.30. The van der Waals surface area contributed by atoms with Crippen LogP contribution in [0.5, 0.6) is 0 Å². The normalized spacial score (nSPS) is 18.8. The van der Waals surface area contributed by atoms with E-state index in [2.05, 4.69) is 20.9 Å². The summed E-state index contributed by atoms with van der Waals surface area (Å²) in [7, 11) is 2.02. The molecule has 30 heavy (non-hydrogen) atoms. The highest BCUT2D eigenvalue weighted by molar-refractivity contribution is 5.89. The van der Waals surface area contributed by atoms with Crippen LogP contribution in [0.1, 0.15) is 37.3 Å². The van der Waals surface area contributed by atoms with Gasteiger partial charge in [0.1, 0.15) is 5.52 Å². The van der Waals surface area contributed by atoms with E-state index in [1.807, 2.05) is 36.3 Å². The van der Waals surface area contributed by atoms with Gasteiger partial charge in [-0.25, -0.2) is 4.98 Å². The molecule has 5 heterocycles. The first-order valence-corrected chi connectivity index (χ1v) is 10.8. The number of aromatic nitrogens is 4. The van der Waals surface area contributed by atoms with E-state index < -0.39 is 0 Å². The molecule has 2 saturated heterocycles.